The maximum atomic E-state index is 13.6. The topological polar surface area (TPSA) is 42.1 Å². The number of rotatable bonds is 4. The molecule has 0 spiro atoms. The summed E-state index contributed by atoms with van der Waals surface area (Å²) in [6.07, 6.45) is 1.57. The molecule has 0 atom stereocenters. The van der Waals surface area contributed by atoms with Gasteiger partial charge in [-0.05, 0) is 23.8 Å². The van der Waals surface area contributed by atoms with Crippen LogP contribution < -0.4 is 10.6 Å². The predicted octanol–water partition coefficient (Wildman–Crippen LogP) is 2.49. The van der Waals surface area contributed by atoms with Crippen LogP contribution in [0.3, 0.4) is 0 Å². The van der Waals surface area contributed by atoms with Gasteiger partial charge in [0.15, 0.2) is 11.6 Å². The molecule has 5 heteroatoms. The van der Waals surface area contributed by atoms with E-state index in [0.717, 1.165) is 11.1 Å². The first-order valence-electron chi connectivity index (χ1n) is 5.78. The fraction of sp³-hybridized carbons (Fsp3) is 0.143. The molecule has 0 radical (unpaired) electrons. The third kappa shape index (κ3) is 3.26. The number of nitrogens with zero attached hydrogens (tertiary/aromatic N) is 2. The van der Waals surface area contributed by atoms with Crippen molar-refractivity contribution in [2.45, 2.75) is 6.54 Å². The highest BCUT2D eigenvalue weighted by atomic mass is 32.1. The van der Waals surface area contributed by atoms with Crippen molar-refractivity contribution < 1.29 is 4.39 Å². The van der Waals surface area contributed by atoms with E-state index in [-0.39, 0.29) is 5.82 Å². The van der Waals surface area contributed by atoms with Crippen molar-refractivity contribution >= 4 is 23.0 Å². The van der Waals surface area contributed by atoms with Crippen LogP contribution in [-0.2, 0) is 6.54 Å². The second-order valence-electron chi connectivity index (χ2n) is 4.23. The van der Waals surface area contributed by atoms with E-state index in [4.69, 9.17) is 18.0 Å². The van der Waals surface area contributed by atoms with Crippen LogP contribution >= 0.6 is 12.2 Å². The zero-order valence-corrected chi connectivity index (χ0v) is 11.3. The summed E-state index contributed by atoms with van der Waals surface area (Å²) in [5, 5.41) is 0. The van der Waals surface area contributed by atoms with Gasteiger partial charge in [0.1, 0.15) is 4.99 Å². The highest BCUT2D eigenvalue weighted by molar-refractivity contribution is 7.80. The van der Waals surface area contributed by atoms with Crippen LogP contribution in [0.25, 0.3) is 0 Å². The Morgan fingerprint density at radius 3 is 2.84 bits per heavy atom. The van der Waals surface area contributed by atoms with Crippen molar-refractivity contribution in [1.29, 1.82) is 0 Å². The largest absolute Gasteiger partial charge is 0.389 e. The zero-order valence-electron chi connectivity index (χ0n) is 10.5. The highest BCUT2D eigenvalue weighted by Gasteiger charge is 2.09. The van der Waals surface area contributed by atoms with Gasteiger partial charge in [0.2, 0.25) is 0 Å². The number of hydrogen-bond donors (Lipinski definition) is 1. The number of halogens is 1. The normalized spacial score (nSPS) is 10.2. The summed E-state index contributed by atoms with van der Waals surface area (Å²) in [6.45, 7) is 0.532. The summed E-state index contributed by atoms with van der Waals surface area (Å²) in [5.74, 6) is -0.0151. The maximum Gasteiger partial charge on any atom is 0.165 e. The van der Waals surface area contributed by atoms with Gasteiger partial charge >= 0.3 is 0 Å². The number of pyridine rings is 1. The lowest BCUT2D eigenvalue weighted by Gasteiger charge is -2.18. The number of nitrogens with two attached hydrogens (primary N) is 1. The van der Waals surface area contributed by atoms with Crippen LogP contribution in [0.1, 0.15) is 11.1 Å². The Hall–Kier alpha value is -2.01. The Bertz CT molecular complexity index is 601. The van der Waals surface area contributed by atoms with Crippen molar-refractivity contribution in [3.05, 3.63) is 59.5 Å². The Morgan fingerprint density at radius 1 is 1.37 bits per heavy atom. The molecular weight excluding hydrogens is 261 g/mol. The summed E-state index contributed by atoms with van der Waals surface area (Å²) in [4.78, 5) is 6.13. The fourth-order valence-electron chi connectivity index (χ4n) is 1.83. The van der Waals surface area contributed by atoms with Crippen molar-refractivity contribution in [3.8, 4) is 0 Å². The van der Waals surface area contributed by atoms with Crippen LogP contribution in [0.5, 0.6) is 0 Å². The SMILES string of the molecule is CN(Cc1cccc(C(N)=S)c1)c1ncccc1F. The van der Waals surface area contributed by atoms with Gasteiger partial charge in [0.25, 0.3) is 0 Å². The second kappa shape index (κ2) is 5.75. The minimum absolute atomic E-state index is 0.322. The molecule has 0 aliphatic carbocycles. The van der Waals surface area contributed by atoms with Gasteiger partial charge in [-0.1, -0.05) is 30.4 Å². The lowest BCUT2D eigenvalue weighted by atomic mass is 10.1. The molecule has 0 saturated carbocycles. The number of thiocarbonyl (C=S) groups is 1. The van der Waals surface area contributed by atoms with Crippen molar-refractivity contribution in [1.82, 2.24) is 4.98 Å². The van der Waals surface area contributed by atoms with Crippen LogP contribution in [-0.4, -0.2) is 17.0 Å². The third-order valence-electron chi connectivity index (χ3n) is 2.73. The molecule has 0 saturated heterocycles. The van der Waals surface area contributed by atoms with Gasteiger partial charge in [-0.25, -0.2) is 9.37 Å². The van der Waals surface area contributed by atoms with Crippen LogP contribution in [0.15, 0.2) is 42.6 Å². The van der Waals surface area contributed by atoms with E-state index < -0.39 is 0 Å². The molecule has 0 bridgehead atoms. The molecule has 2 aromatic rings. The predicted molar refractivity (Wildman–Crippen MR) is 78.6 cm³/mol. The Kier molecular flexibility index (Phi) is 4.06. The van der Waals surface area contributed by atoms with Gasteiger partial charge in [-0.2, -0.15) is 0 Å². The first kappa shape index (κ1) is 13.4. The summed E-state index contributed by atoms with van der Waals surface area (Å²) < 4.78 is 13.6. The molecule has 0 fully saturated rings. The maximum absolute atomic E-state index is 13.6. The van der Waals surface area contributed by atoms with Crippen molar-refractivity contribution in [2.75, 3.05) is 11.9 Å². The van der Waals surface area contributed by atoms with E-state index in [2.05, 4.69) is 4.98 Å². The van der Waals surface area contributed by atoms with E-state index in [1.54, 1.807) is 24.2 Å². The smallest absolute Gasteiger partial charge is 0.165 e. The molecule has 19 heavy (non-hydrogen) atoms. The van der Waals surface area contributed by atoms with Crippen molar-refractivity contribution in [2.24, 2.45) is 5.73 Å². The molecule has 0 aliphatic rings. The standard InChI is InChI=1S/C14H14FN3S/c1-18(14-12(15)6-3-7-17-14)9-10-4-2-5-11(8-10)13(16)19/h2-8H,9H2,1H3,(H2,16,19). The summed E-state index contributed by atoms with van der Waals surface area (Å²) in [7, 11) is 1.79. The van der Waals surface area contributed by atoms with Gasteiger partial charge in [0, 0.05) is 25.4 Å². The lowest BCUT2D eigenvalue weighted by Crippen LogP contribution is -2.19. The molecule has 1 heterocycles. The quantitative estimate of drug-likeness (QED) is 0.871. The number of aromatic nitrogens is 1. The molecule has 1 aromatic heterocycles. The number of anilines is 1. The number of hydrogen-bond acceptors (Lipinski definition) is 3. The molecule has 1 aromatic carbocycles. The minimum Gasteiger partial charge on any atom is -0.389 e. The Balaban J connectivity index is 2.19. The average Bonchev–Trinajstić information content (AvgIpc) is 2.39. The van der Waals surface area contributed by atoms with E-state index >= 15 is 0 Å². The minimum atomic E-state index is -0.337. The second-order valence-corrected chi connectivity index (χ2v) is 4.67. The van der Waals surface area contributed by atoms with Crippen molar-refractivity contribution in [3.63, 3.8) is 0 Å². The third-order valence-corrected chi connectivity index (χ3v) is 2.97. The zero-order chi connectivity index (χ0) is 13.8. The Labute approximate surface area is 116 Å². The van der Waals surface area contributed by atoms with Gasteiger partial charge < -0.3 is 10.6 Å². The first-order valence-corrected chi connectivity index (χ1v) is 6.19. The molecule has 2 N–H and O–H groups in total. The monoisotopic (exact) mass is 275 g/mol. The van der Waals surface area contributed by atoms with Crippen LogP contribution in [0.4, 0.5) is 10.2 Å². The van der Waals surface area contributed by atoms with Crippen LogP contribution in [0.2, 0.25) is 0 Å². The van der Waals surface area contributed by atoms with Gasteiger partial charge in [0.05, 0.1) is 0 Å². The molecule has 3 nitrogen and oxygen atoms in total. The summed E-state index contributed by atoms with van der Waals surface area (Å²) in [5.41, 5.74) is 7.40. The number of benzene rings is 1. The van der Waals surface area contributed by atoms with Crippen LogP contribution in [0, 0.1) is 5.82 Å². The molecule has 0 aliphatic heterocycles. The van der Waals surface area contributed by atoms with E-state index in [1.807, 2.05) is 24.3 Å². The first-order chi connectivity index (χ1) is 9.08. The van der Waals surface area contributed by atoms with E-state index in [9.17, 15) is 4.39 Å². The Morgan fingerprint density at radius 2 is 2.16 bits per heavy atom. The van der Waals surface area contributed by atoms with E-state index in [0.29, 0.717) is 17.4 Å². The fourth-order valence-corrected chi connectivity index (χ4v) is 1.96. The molecule has 0 unspecified atom stereocenters. The van der Waals surface area contributed by atoms with Gasteiger partial charge in [-0.3, -0.25) is 0 Å². The van der Waals surface area contributed by atoms with E-state index in [1.165, 1.54) is 6.07 Å². The van der Waals surface area contributed by atoms with Gasteiger partial charge in [-0.15, -0.1) is 0 Å². The molecular formula is C14H14FN3S. The molecule has 98 valence electrons. The lowest BCUT2D eigenvalue weighted by molar-refractivity contribution is 0.615. The molecule has 0 amide bonds. The molecule has 2 rings (SSSR count). The average molecular weight is 275 g/mol. The summed E-state index contributed by atoms with van der Waals surface area (Å²) in [6, 6.07) is 10.5. The summed E-state index contributed by atoms with van der Waals surface area (Å²) >= 11 is 4.94. The highest BCUT2D eigenvalue weighted by Crippen LogP contribution is 2.16.